The average molecular weight is 266 g/mol. The molecule has 0 aliphatic rings. The molecule has 0 spiro atoms. The molecule has 0 aromatic heterocycles. The van der Waals surface area contributed by atoms with Gasteiger partial charge in [0, 0.05) is 12.7 Å². The van der Waals surface area contributed by atoms with Gasteiger partial charge in [0.25, 0.3) is 0 Å². The molecule has 1 rings (SSSR count). The van der Waals surface area contributed by atoms with Crippen molar-refractivity contribution in [3.63, 3.8) is 0 Å². The summed E-state index contributed by atoms with van der Waals surface area (Å²) in [5, 5.41) is 20.6. The maximum Gasteiger partial charge on any atom is 0.337 e. The predicted octanol–water partition coefficient (Wildman–Crippen LogP) is 0.976. The Bertz CT molecular complexity index is 485. The molecule has 0 heterocycles. The summed E-state index contributed by atoms with van der Waals surface area (Å²) in [6.07, 6.45) is 0. The van der Waals surface area contributed by atoms with Crippen molar-refractivity contribution in [3.05, 3.63) is 29.8 Å². The van der Waals surface area contributed by atoms with E-state index in [9.17, 15) is 14.7 Å². The number of amides is 2. The SMILES string of the molecule is Cc1cccc(N(C)C(=O)NCC(C)(O)C(=O)O)c1. The molecule has 0 aliphatic heterocycles. The Kier molecular flexibility index (Phi) is 4.50. The average Bonchev–Trinajstić information content (AvgIpc) is 2.35. The van der Waals surface area contributed by atoms with E-state index in [-0.39, 0.29) is 6.54 Å². The summed E-state index contributed by atoms with van der Waals surface area (Å²) < 4.78 is 0. The number of aliphatic hydroxyl groups is 1. The molecule has 0 saturated carbocycles. The summed E-state index contributed by atoms with van der Waals surface area (Å²) in [6, 6.07) is 6.84. The van der Waals surface area contributed by atoms with Gasteiger partial charge in [0.15, 0.2) is 5.60 Å². The molecule has 0 radical (unpaired) electrons. The first-order valence-corrected chi connectivity index (χ1v) is 5.78. The molecular weight excluding hydrogens is 248 g/mol. The lowest BCUT2D eigenvalue weighted by molar-refractivity contribution is -0.155. The molecule has 0 bridgehead atoms. The molecule has 1 aromatic rings. The number of rotatable bonds is 4. The van der Waals surface area contributed by atoms with Crippen LogP contribution in [-0.4, -0.2) is 41.4 Å². The van der Waals surface area contributed by atoms with E-state index >= 15 is 0 Å². The molecule has 2 amide bonds. The van der Waals surface area contributed by atoms with Crippen LogP contribution in [0.4, 0.5) is 10.5 Å². The van der Waals surface area contributed by atoms with Crippen molar-refractivity contribution in [1.82, 2.24) is 5.32 Å². The number of carboxylic acid groups (broad SMARTS) is 1. The third-order valence-electron chi connectivity index (χ3n) is 2.74. The molecule has 3 N–H and O–H groups in total. The molecule has 6 heteroatoms. The lowest BCUT2D eigenvalue weighted by atomic mass is 10.1. The molecule has 1 unspecified atom stereocenters. The Morgan fingerprint density at radius 2 is 2.05 bits per heavy atom. The van der Waals surface area contributed by atoms with Crippen LogP contribution in [0, 0.1) is 6.92 Å². The van der Waals surface area contributed by atoms with Crippen molar-refractivity contribution in [2.24, 2.45) is 0 Å². The minimum absolute atomic E-state index is 0.364. The van der Waals surface area contributed by atoms with Gasteiger partial charge in [-0.15, -0.1) is 0 Å². The highest BCUT2D eigenvalue weighted by Gasteiger charge is 2.30. The predicted molar refractivity (Wildman–Crippen MR) is 71.2 cm³/mol. The van der Waals surface area contributed by atoms with E-state index in [0.29, 0.717) is 5.69 Å². The third kappa shape index (κ3) is 3.96. The van der Waals surface area contributed by atoms with Crippen molar-refractivity contribution in [2.45, 2.75) is 19.4 Å². The number of aryl methyl sites for hydroxylation is 1. The Balaban J connectivity index is 2.66. The van der Waals surface area contributed by atoms with Crippen LogP contribution in [0.3, 0.4) is 0 Å². The summed E-state index contributed by atoms with van der Waals surface area (Å²) in [5.41, 5.74) is -0.287. The first-order chi connectivity index (χ1) is 8.74. The van der Waals surface area contributed by atoms with E-state index in [0.717, 1.165) is 12.5 Å². The summed E-state index contributed by atoms with van der Waals surface area (Å²) in [4.78, 5) is 23.9. The smallest absolute Gasteiger partial charge is 0.337 e. The third-order valence-corrected chi connectivity index (χ3v) is 2.74. The second-order valence-electron chi connectivity index (χ2n) is 4.64. The van der Waals surface area contributed by atoms with E-state index in [1.54, 1.807) is 13.1 Å². The standard InChI is InChI=1S/C13H18N2O4/c1-9-5-4-6-10(7-9)15(3)12(18)14-8-13(2,19)11(16)17/h4-7,19H,8H2,1-3H3,(H,14,18)(H,16,17). The maximum absolute atomic E-state index is 11.8. The Morgan fingerprint density at radius 3 is 2.58 bits per heavy atom. The zero-order valence-electron chi connectivity index (χ0n) is 11.2. The summed E-state index contributed by atoms with van der Waals surface area (Å²) in [5.74, 6) is -1.38. The fourth-order valence-electron chi connectivity index (χ4n) is 1.40. The highest BCUT2D eigenvalue weighted by atomic mass is 16.4. The van der Waals surface area contributed by atoms with Gasteiger partial charge in [-0.3, -0.25) is 4.90 Å². The van der Waals surface area contributed by atoms with Gasteiger partial charge in [0.2, 0.25) is 0 Å². The molecule has 1 atom stereocenters. The van der Waals surface area contributed by atoms with Crippen molar-refractivity contribution in [1.29, 1.82) is 0 Å². The second kappa shape index (κ2) is 5.71. The fourth-order valence-corrected chi connectivity index (χ4v) is 1.40. The second-order valence-corrected chi connectivity index (χ2v) is 4.64. The largest absolute Gasteiger partial charge is 0.479 e. The number of carbonyl (C=O) groups excluding carboxylic acids is 1. The van der Waals surface area contributed by atoms with Crippen molar-refractivity contribution in [2.75, 3.05) is 18.5 Å². The van der Waals surface area contributed by atoms with Crippen molar-refractivity contribution in [3.8, 4) is 0 Å². The van der Waals surface area contributed by atoms with Gasteiger partial charge in [0.1, 0.15) is 0 Å². The van der Waals surface area contributed by atoms with Gasteiger partial charge < -0.3 is 15.5 Å². The van der Waals surface area contributed by atoms with Crippen molar-refractivity contribution < 1.29 is 19.8 Å². The quantitative estimate of drug-likeness (QED) is 0.757. The molecular formula is C13H18N2O4. The zero-order valence-corrected chi connectivity index (χ0v) is 11.2. The van der Waals surface area contributed by atoms with Crippen LogP contribution in [0.15, 0.2) is 24.3 Å². The summed E-state index contributed by atoms with van der Waals surface area (Å²) >= 11 is 0. The van der Waals surface area contributed by atoms with Gasteiger partial charge in [0.05, 0.1) is 6.54 Å². The minimum Gasteiger partial charge on any atom is -0.479 e. The monoisotopic (exact) mass is 266 g/mol. The molecule has 0 saturated heterocycles. The first kappa shape index (κ1) is 15.0. The fraction of sp³-hybridized carbons (Fsp3) is 0.385. The lowest BCUT2D eigenvalue weighted by Crippen LogP contribution is -2.49. The van der Waals surface area contributed by atoms with Crippen LogP contribution >= 0.6 is 0 Å². The van der Waals surface area contributed by atoms with Crippen LogP contribution in [0.2, 0.25) is 0 Å². The molecule has 0 fully saturated rings. The van der Waals surface area contributed by atoms with E-state index in [2.05, 4.69) is 5.32 Å². The van der Waals surface area contributed by atoms with Crippen LogP contribution in [0.1, 0.15) is 12.5 Å². The van der Waals surface area contributed by atoms with E-state index < -0.39 is 17.6 Å². The van der Waals surface area contributed by atoms with Gasteiger partial charge in [-0.25, -0.2) is 9.59 Å². The summed E-state index contributed by atoms with van der Waals surface area (Å²) in [7, 11) is 1.57. The number of carboxylic acids is 1. The Morgan fingerprint density at radius 1 is 1.42 bits per heavy atom. The number of nitrogens with one attached hydrogen (secondary N) is 1. The van der Waals surface area contributed by atoms with Crippen molar-refractivity contribution >= 4 is 17.7 Å². The number of benzene rings is 1. The number of hydrogen-bond donors (Lipinski definition) is 3. The van der Waals surface area contributed by atoms with E-state index in [4.69, 9.17) is 5.11 Å². The maximum atomic E-state index is 11.8. The van der Waals surface area contributed by atoms with Crippen LogP contribution < -0.4 is 10.2 Å². The molecule has 104 valence electrons. The molecule has 19 heavy (non-hydrogen) atoms. The summed E-state index contributed by atoms with van der Waals surface area (Å²) in [6.45, 7) is 2.67. The van der Waals surface area contributed by atoms with Gasteiger partial charge in [-0.2, -0.15) is 0 Å². The number of hydrogen-bond acceptors (Lipinski definition) is 3. The number of carbonyl (C=O) groups is 2. The Labute approximate surface area is 111 Å². The highest BCUT2D eigenvalue weighted by Crippen LogP contribution is 2.14. The van der Waals surface area contributed by atoms with Crippen LogP contribution in [-0.2, 0) is 4.79 Å². The van der Waals surface area contributed by atoms with E-state index in [1.165, 1.54) is 4.90 Å². The number of aliphatic carboxylic acids is 1. The first-order valence-electron chi connectivity index (χ1n) is 5.78. The highest BCUT2D eigenvalue weighted by molar-refractivity contribution is 5.92. The van der Waals surface area contributed by atoms with Crippen LogP contribution in [0.25, 0.3) is 0 Å². The molecule has 0 aliphatic carbocycles. The number of urea groups is 1. The molecule has 6 nitrogen and oxygen atoms in total. The Hall–Kier alpha value is -2.08. The normalized spacial score (nSPS) is 13.5. The topological polar surface area (TPSA) is 89.9 Å². The van der Waals surface area contributed by atoms with Gasteiger partial charge in [-0.05, 0) is 31.5 Å². The van der Waals surface area contributed by atoms with Gasteiger partial charge >= 0.3 is 12.0 Å². The van der Waals surface area contributed by atoms with E-state index in [1.807, 2.05) is 25.1 Å². The zero-order chi connectivity index (χ0) is 14.6. The number of nitrogens with zero attached hydrogens (tertiary/aromatic N) is 1. The molecule has 1 aromatic carbocycles. The minimum atomic E-state index is -1.98. The lowest BCUT2D eigenvalue weighted by Gasteiger charge is -2.22. The van der Waals surface area contributed by atoms with Gasteiger partial charge in [-0.1, -0.05) is 12.1 Å². The number of anilines is 1. The van der Waals surface area contributed by atoms with Crippen LogP contribution in [0.5, 0.6) is 0 Å².